The highest BCUT2D eigenvalue weighted by Crippen LogP contribution is 2.13. The molecule has 0 aromatic carbocycles. The summed E-state index contributed by atoms with van der Waals surface area (Å²) < 4.78 is 9.79. The minimum absolute atomic E-state index is 0.0000962. The largest absolute Gasteiger partial charge is 0.463 e. The van der Waals surface area contributed by atoms with Gasteiger partial charge in [0.15, 0.2) is 6.07 Å². The van der Waals surface area contributed by atoms with E-state index in [1.165, 1.54) is 51.4 Å². The number of hydrogen-bond acceptors (Lipinski definition) is 4. The fourth-order valence-corrected chi connectivity index (χ4v) is 2.88. The zero-order valence-electron chi connectivity index (χ0n) is 16.2. The SMILES string of the molecule is CC(C)OC(=O)CCCCCCCCCCCCCCC(=O)OCCl. The van der Waals surface area contributed by atoms with Crippen LogP contribution in [0.5, 0.6) is 0 Å². The van der Waals surface area contributed by atoms with Crippen molar-refractivity contribution in [1.29, 1.82) is 0 Å². The quantitative estimate of drug-likeness (QED) is 0.174. The lowest BCUT2D eigenvalue weighted by Gasteiger charge is -2.07. The molecule has 0 radical (unpaired) electrons. The minimum Gasteiger partial charge on any atom is -0.463 e. The van der Waals surface area contributed by atoms with E-state index in [2.05, 4.69) is 4.74 Å². The van der Waals surface area contributed by atoms with E-state index in [0.29, 0.717) is 12.8 Å². The van der Waals surface area contributed by atoms with Gasteiger partial charge < -0.3 is 9.47 Å². The van der Waals surface area contributed by atoms with E-state index in [1.807, 2.05) is 13.8 Å². The summed E-state index contributed by atoms with van der Waals surface area (Å²) >= 11 is 5.32. The number of esters is 2. The Morgan fingerprint density at radius 3 is 1.40 bits per heavy atom. The van der Waals surface area contributed by atoms with Gasteiger partial charge in [-0.25, -0.2) is 0 Å². The average molecular weight is 377 g/mol. The molecule has 0 spiro atoms. The smallest absolute Gasteiger partial charge is 0.306 e. The van der Waals surface area contributed by atoms with Crippen LogP contribution in [-0.4, -0.2) is 24.1 Å². The number of carbonyl (C=O) groups is 2. The molecule has 0 aliphatic heterocycles. The van der Waals surface area contributed by atoms with Crippen LogP contribution in [0.4, 0.5) is 0 Å². The molecule has 0 aromatic rings. The summed E-state index contributed by atoms with van der Waals surface area (Å²) in [6, 6.07) is -0.0382. The number of alkyl halides is 1. The van der Waals surface area contributed by atoms with Crippen LogP contribution in [-0.2, 0) is 19.1 Å². The van der Waals surface area contributed by atoms with Gasteiger partial charge in [-0.05, 0) is 26.7 Å². The van der Waals surface area contributed by atoms with Crippen LogP contribution in [0, 0.1) is 0 Å². The van der Waals surface area contributed by atoms with Crippen LogP contribution < -0.4 is 0 Å². The van der Waals surface area contributed by atoms with Crippen molar-refractivity contribution in [3.8, 4) is 0 Å². The fraction of sp³-hybridized carbons (Fsp3) is 0.900. The third kappa shape index (κ3) is 19.4. The Balaban J connectivity index is 3.14. The van der Waals surface area contributed by atoms with Crippen LogP contribution in [0.15, 0.2) is 0 Å². The second kappa shape index (κ2) is 18.0. The van der Waals surface area contributed by atoms with Crippen molar-refractivity contribution in [2.45, 2.75) is 110 Å². The Kier molecular flexibility index (Phi) is 17.5. The Morgan fingerprint density at radius 1 is 0.680 bits per heavy atom. The van der Waals surface area contributed by atoms with Crippen molar-refractivity contribution in [3.05, 3.63) is 0 Å². The molecule has 5 heteroatoms. The minimum atomic E-state index is -0.188. The summed E-state index contributed by atoms with van der Waals surface area (Å²) in [5, 5.41) is 0. The van der Waals surface area contributed by atoms with Crippen LogP contribution in [0.3, 0.4) is 0 Å². The first-order valence-corrected chi connectivity index (χ1v) is 10.5. The molecule has 0 N–H and O–H groups in total. The lowest BCUT2D eigenvalue weighted by molar-refractivity contribution is -0.147. The van der Waals surface area contributed by atoms with Crippen LogP contribution in [0.2, 0.25) is 0 Å². The maximum absolute atomic E-state index is 11.4. The Bertz CT molecular complexity index is 332. The third-order valence-electron chi connectivity index (χ3n) is 4.09. The highest BCUT2D eigenvalue weighted by molar-refractivity contribution is 6.17. The van der Waals surface area contributed by atoms with Gasteiger partial charge in [0.25, 0.3) is 0 Å². The van der Waals surface area contributed by atoms with E-state index >= 15 is 0 Å². The Labute approximate surface area is 159 Å². The standard InChI is InChI=1S/C20H37ClO4/c1-18(2)25-20(23)16-14-12-10-8-6-4-3-5-7-9-11-13-15-19(22)24-17-21/h18H,3-17H2,1-2H3. The molecule has 0 heterocycles. The van der Waals surface area contributed by atoms with E-state index < -0.39 is 0 Å². The van der Waals surface area contributed by atoms with E-state index in [4.69, 9.17) is 16.3 Å². The van der Waals surface area contributed by atoms with Crippen LogP contribution in [0.25, 0.3) is 0 Å². The lowest BCUT2D eigenvalue weighted by atomic mass is 10.0. The van der Waals surface area contributed by atoms with E-state index in [9.17, 15) is 9.59 Å². The number of halogens is 1. The Hall–Kier alpha value is -0.770. The van der Waals surface area contributed by atoms with Gasteiger partial charge >= 0.3 is 11.9 Å². The number of carbonyl (C=O) groups excluding carboxylic acids is 2. The fourth-order valence-electron chi connectivity index (χ4n) is 2.76. The third-order valence-corrected chi connectivity index (χ3v) is 4.20. The normalized spacial score (nSPS) is 10.9. The zero-order valence-corrected chi connectivity index (χ0v) is 17.0. The van der Waals surface area contributed by atoms with Crippen molar-refractivity contribution < 1.29 is 19.1 Å². The van der Waals surface area contributed by atoms with Crippen LogP contribution in [0.1, 0.15) is 104 Å². The predicted octanol–water partition coefficient (Wildman–Crippen LogP) is 6.14. The second-order valence-corrected chi connectivity index (χ2v) is 7.12. The van der Waals surface area contributed by atoms with Crippen molar-refractivity contribution in [2.75, 3.05) is 6.07 Å². The summed E-state index contributed by atoms with van der Waals surface area (Å²) in [5.74, 6) is -0.252. The topological polar surface area (TPSA) is 52.6 Å². The molecule has 0 fully saturated rings. The maximum Gasteiger partial charge on any atom is 0.306 e. The maximum atomic E-state index is 11.4. The summed E-state index contributed by atoms with van der Waals surface area (Å²) in [6.45, 7) is 3.77. The number of rotatable bonds is 17. The zero-order chi connectivity index (χ0) is 18.8. The molecule has 0 amide bonds. The highest BCUT2D eigenvalue weighted by Gasteiger charge is 2.04. The number of unbranched alkanes of at least 4 members (excludes halogenated alkanes) is 11. The molecule has 0 aliphatic rings. The molecule has 0 saturated carbocycles. The summed E-state index contributed by atoms with van der Waals surface area (Å²) in [6.07, 6.45) is 15.2. The molecule has 148 valence electrons. The summed E-state index contributed by atoms with van der Waals surface area (Å²) in [4.78, 5) is 22.5. The van der Waals surface area contributed by atoms with Crippen molar-refractivity contribution in [2.24, 2.45) is 0 Å². The first kappa shape index (κ1) is 24.2. The van der Waals surface area contributed by atoms with Gasteiger partial charge in [0.2, 0.25) is 0 Å². The van der Waals surface area contributed by atoms with Gasteiger partial charge in [-0.15, -0.1) is 0 Å². The lowest BCUT2D eigenvalue weighted by Crippen LogP contribution is -2.10. The predicted molar refractivity (Wildman–Crippen MR) is 103 cm³/mol. The van der Waals surface area contributed by atoms with Crippen LogP contribution >= 0.6 is 11.6 Å². The second-order valence-electron chi connectivity index (χ2n) is 6.91. The molecule has 4 nitrogen and oxygen atoms in total. The molecule has 0 unspecified atom stereocenters. The monoisotopic (exact) mass is 376 g/mol. The van der Waals surface area contributed by atoms with E-state index in [1.54, 1.807) is 0 Å². The first-order chi connectivity index (χ1) is 12.1. The average Bonchev–Trinajstić information content (AvgIpc) is 2.54. The van der Waals surface area contributed by atoms with Gasteiger partial charge in [0.05, 0.1) is 6.10 Å². The van der Waals surface area contributed by atoms with Gasteiger partial charge in [-0.2, -0.15) is 0 Å². The van der Waals surface area contributed by atoms with Crippen molar-refractivity contribution in [3.63, 3.8) is 0 Å². The van der Waals surface area contributed by atoms with E-state index in [-0.39, 0.29) is 24.1 Å². The number of hydrogen-bond donors (Lipinski definition) is 0. The van der Waals surface area contributed by atoms with E-state index in [0.717, 1.165) is 25.7 Å². The molecule has 0 rings (SSSR count). The molecule has 25 heavy (non-hydrogen) atoms. The molecular weight excluding hydrogens is 340 g/mol. The molecular formula is C20H37ClO4. The first-order valence-electron chi connectivity index (χ1n) is 9.97. The van der Waals surface area contributed by atoms with Gasteiger partial charge in [0, 0.05) is 12.8 Å². The summed E-state index contributed by atoms with van der Waals surface area (Å²) in [7, 11) is 0. The van der Waals surface area contributed by atoms with Crippen molar-refractivity contribution >= 4 is 23.5 Å². The molecule has 0 atom stereocenters. The van der Waals surface area contributed by atoms with Gasteiger partial charge in [-0.1, -0.05) is 75.8 Å². The molecule has 0 saturated heterocycles. The highest BCUT2D eigenvalue weighted by atomic mass is 35.5. The van der Waals surface area contributed by atoms with Gasteiger partial charge in [-0.3, -0.25) is 9.59 Å². The molecule has 0 bridgehead atoms. The molecule has 0 aromatic heterocycles. The van der Waals surface area contributed by atoms with Crippen molar-refractivity contribution in [1.82, 2.24) is 0 Å². The number of ether oxygens (including phenoxy) is 2. The Morgan fingerprint density at radius 2 is 1.04 bits per heavy atom. The molecule has 0 aliphatic carbocycles. The van der Waals surface area contributed by atoms with Gasteiger partial charge in [0.1, 0.15) is 0 Å². The summed E-state index contributed by atoms with van der Waals surface area (Å²) in [5.41, 5.74) is 0.